The summed E-state index contributed by atoms with van der Waals surface area (Å²) in [6, 6.07) is 4.59. The number of allylic oxidation sites excluding steroid dienone is 1. The largest absolute Gasteiger partial charge is 0.491 e. The van der Waals surface area contributed by atoms with Crippen molar-refractivity contribution in [1.29, 1.82) is 0 Å². The van der Waals surface area contributed by atoms with E-state index in [1.165, 1.54) is 35.2 Å². The van der Waals surface area contributed by atoms with Gasteiger partial charge in [-0.15, -0.1) is 11.8 Å². The lowest BCUT2D eigenvalue weighted by atomic mass is 10.0. The summed E-state index contributed by atoms with van der Waals surface area (Å²) >= 11 is 1.15. The fourth-order valence-electron chi connectivity index (χ4n) is 3.82. The second-order valence-electron chi connectivity index (χ2n) is 7.71. The number of ether oxygens (including phenoxy) is 1. The van der Waals surface area contributed by atoms with Crippen molar-refractivity contribution in [1.82, 2.24) is 4.90 Å². The Labute approximate surface area is 199 Å². The van der Waals surface area contributed by atoms with Crippen LogP contribution in [0.1, 0.15) is 16.8 Å². The molecule has 2 saturated heterocycles. The molecular weight excluding hydrogens is 495 g/mol. The van der Waals surface area contributed by atoms with E-state index in [1.807, 2.05) is 0 Å². The van der Waals surface area contributed by atoms with Crippen LogP contribution in [0.5, 0.6) is 0 Å². The highest BCUT2D eigenvalue weighted by molar-refractivity contribution is 8.00. The van der Waals surface area contributed by atoms with E-state index >= 15 is 0 Å². The molecule has 3 N–H and O–H groups in total. The zero-order valence-corrected chi connectivity index (χ0v) is 18.4. The molecule has 184 valence electrons. The number of aromatic carboxylic acids is 1. The number of anilines is 1. The maximum atomic E-state index is 13.0. The van der Waals surface area contributed by atoms with Crippen LogP contribution in [0.25, 0.3) is 0 Å². The fourth-order valence-corrected chi connectivity index (χ4v) is 5.07. The van der Waals surface area contributed by atoms with E-state index in [1.54, 1.807) is 0 Å². The number of carboxylic acid groups (broad SMARTS) is 1. The molecule has 3 aliphatic rings. The van der Waals surface area contributed by atoms with Gasteiger partial charge in [-0.25, -0.2) is 14.4 Å². The van der Waals surface area contributed by atoms with Crippen LogP contribution in [0.4, 0.5) is 18.9 Å². The van der Waals surface area contributed by atoms with Crippen molar-refractivity contribution in [3.63, 3.8) is 0 Å². The van der Waals surface area contributed by atoms with Crippen LogP contribution in [-0.4, -0.2) is 69.6 Å². The van der Waals surface area contributed by atoms with Gasteiger partial charge in [0, 0.05) is 23.6 Å². The van der Waals surface area contributed by atoms with Crippen LogP contribution in [0.2, 0.25) is 0 Å². The predicted molar refractivity (Wildman–Crippen MR) is 114 cm³/mol. The molecule has 0 unspecified atom stereocenters. The van der Waals surface area contributed by atoms with Gasteiger partial charge >= 0.3 is 24.1 Å². The Morgan fingerprint density at radius 3 is 2.43 bits per heavy atom. The molecule has 10 nitrogen and oxygen atoms in total. The van der Waals surface area contributed by atoms with Crippen molar-refractivity contribution < 1.29 is 47.0 Å². The zero-order valence-electron chi connectivity index (χ0n) is 17.6. The van der Waals surface area contributed by atoms with Crippen LogP contribution in [0.15, 0.2) is 47.2 Å². The molecule has 1 aromatic rings. The van der Waals surface area contributed by atoms with Crippen LogP contribution >= 0.6 is 11.8 Å². The molecule has 0 bridgehead atoms. The predicted octanol–water partition coefficient (Wildman–Crippen LogP) is 1.18. The Hall–Kier alpha value is -3.65. The lowest BCUT2D eigenvalue weighted by molar-refractivity contribution is -0.201. The first-order valence-electron chi connectivity index (χ1n) is 10.0. The number of fused-ring (bicyclic) bond motifs is 1. The Morgan fingerprint density at radius 2 is 1.83 bits per heavy atom. The van der Waals surface area contributed by atoms with Gasteiger partial charge in [-0.2, -0.15) is 13.2 Å². The van der Waals surface area contributed by atoms with E-state index in [0.29, 0.717) is 5.69 Å². The first-order chi connectivity index (χ1) is 16.4. The summed E-state index contributed by atoms with van der Waals surface area (Å²) in [5.74, 6) is -6.72. The number of nitrogens with zero attached hydrogens (tertiary/aromatic N) is 2. The number of thioether (sulfide) groups is 1. The Morgan fingerprint density at radius 1 is 1.17 bits per heavy atom. The summed E-state index contributed by atoms with van der Waals surface area (Å²) in [6.45, 7) is 0.222. The Kier molecular flexibility index (Phi) is 6.19. The number of benzene rings is 1. The quantitative estimate of drug-likeness (QED) is 0.263. The van der Waals surface area contributed by atoms with Gasteiger partial charge in [0.1, 0.15) is 17.1 Å². The highest BCUT2D eigenvalue weighted by Gasteiger charge is 2.53. The SMILES string of the molecule is N[C@@H]1C(=O)N2C(C(=O)OC(=O)C(F)(F)F)=C(C=C3CCN(c4ccc(C(=O)O)cc4)C3=O)CS[C@H]12. The van der Waals surface area contributed by atoms with Crippen molar-refractivity contribution in [3.05, 3.63) is 52.7 Å². The molecule has 0 saturated carbocycles. The molecule has 35 heavy (non-hydrogen) atoms. The average molecular weight is 511 g/mol. The van der Waals surface area contributed by atoms with Crippen molar-refractivity contribution in [3.8, 4) is 0 Å². The van der Waals surface area contributed by atoms with Gasteiger partial charge in [-0.05, 0) is 42.3 Å². The molecule has 2 amide bonds. The van der Waals surface area contributed by atoms with Crippen LogP contribution in [0, 0.1) is 0 Å². The molecule has 0 radical (unpaired) electrons. The molecule has 14 heteroatoms. The highest BCUT2D eigenvalue weighted by Crippen LogP contribution is 2.41. The lowest BCUT2D eigenvalue weighted by Crippen LogP contribution is -2.68. The molecule has 4 rings (SSSR count). The van der Waals surface area contributed by atoms with E-state index in [2.05, 4.69) is 4.74 Å². The number of esters is 2. The minimum absolute atomic E-state index is 0.0247. The monoisotopic (exact) mass is 511 g/mol. The summed E-state index contributed by atoms with van der Waals surface area (Å²) < 4.78 is 41.8. The van der Waals surface area contributed by atoms with Gasteiger partial charge in [-0.3, -0.25) is 14.5 Å². The maximum Gasteiger partial charge on any atom is 0.491 e. The summed E-state index contributed by atoms with van der Waals surface area (Å²) in [7, 11) is 0. The zero-order chi connectivity index (χ0) is 25.7. The molecule has 0 spiro atoms. The normalized spacial score (nSPS) is 23.4. The standard InChI is InChI=1S/C21H16F3N3O7S/c22-21(23,24)20(33)34-19(32)14-11(8-35-17-13(25)16(29)27(14)17)7-10-5-6-26(15(10)28)12-3-1-9(2-4-12)18(30)31/h1-4,7,13,17H,5-6,8,25H2,(H,30,31)/t13-,17-/m1/s1. The molecule has 0 aromatic heterocycles. The summed E-state index contributed by atoms with van der Waals surface area (Å²) in [4.78, 5) is 62.2. The minimum atomic E-state index is -5.43. The number of carboxylic acids is 1. The number of amides is 2. The average Bonchev–Trinajstić information content (AvgIpc) is 3.17. The van der Waals surface area contributed by atoms with Crippen LogP contribution in [-0.2, 0) is 23.9 Å². The maximum absolute atomic E-state index is 13.0. The van der Waals surface area contributed by atoms with Crippen LogP contribution in [0.3, 0.4) is 0 Å². The number of β-lactam (4-membered cyclic amide) rings is 1. The second kappa shape index (κ2) is 8.85. The number of rotatable bonds is 4. The van der Waals surface area contributed by atoms with Gasteiger partial charge in [0.25, 0.3) is 5.91 Å². The van der Waals surface area contributed by atoms with Gasteiger partial charge in [-0.1, -0.05) is 0 Å². The summed E-state index contributed by atoms with van der Waals surface area (Å²) in [5, 5.41) is 8.29. The third kappa shape index (κ3) is 4.41. The van der Waals surface area contributed by atoms with Crippen LogP contribution < -0.4 is 10.6 Å². The van der Waals surface area contributed by atoms with E-state index in [0.717, 1.165) is 16.7 Å². The first-order valence-corrected chi connectivity index (χ1v) is 11.1. The van der Waals surface area contributed by atoms with Crippen molar-refractivity contribution in [2.75, 3.05) is 17.2 Å². The van der Waals surface area contributed by atoms with Gasteiger partial charge in [0.15, 0.2) is 0 Å². The van der Waals surface area contributed by atoms with Gasteiger partial charge < -0.3 is 20.5 Å². The number of carbonyl (C=O) groups excluding carboxylic acids is 4. The summed E-state index contributed by atoms with van der Waals surface area (Å²) in [5.41, 5.74) is 5.84. The molecule has 3 heterocycles. The van der Waals surface area contributed by atoms with E-state index in [-0.39, 0.29) is 35.4 Å². The van der Waals surface area contributed by atoms with Gasteiger partial charge in [0.2, 0.25) is 5.91 Å². The molecule has 3 aliphatic heterocycles. The second-order valence-corrected chi connectivity index (χ2v) is 8.82. The number of nitrogens with two attached hydrogens (primary N) is 1. The lowest BCUT2D eigenvalue weighted by Gasteiger charge is -2.48. The number of hydrogen-bond acceptors (Lipinski definition) is 8. The van der Waals surface area contributed by atoms with Gasteiger partial charge in [0.05, 0.1) is 5.56 Å². The number of alkyl halides is 3. The molecule has 1 aromatic carbocycles. The Balaban J connectivity index is 1.65. The third-order valence-corrected chi connectivity index (χ3v) is 6.87. The van der Waals surface area contributed by atoms with E-state index in [4.69, 9.17) is 10.8 Å². The smallest absolute Gasteiger partial charge is 0.478 e. The highest BCUT2D eigenvalue weighted by atomic mass is 32.2. The Bertz CT molecular complexity index is 1210. The van der Waals surface area contributed by atoms with Crippen molar-refractivity contribution in [2.45, 2.75) is 24.0 Å². The van der Waals surface area contributed by atoms with E-state index < -0.39 is 53.0 Å². The van der Waals surface area contributed by atoms with E-state index in [9.17, 15) is 37.1 Å². The minimum Gasteiger partial charge on any atom is -0.478 e. The molecular formula is C21H16F3N3O7S. The molecule has 2 atom stereocenters. The number of carbonyl (C=O) groups is 5. The number of hydrogen-bond donors (Lipinski definition) is 2. The first kappa shape index (κ1) is 24.5. The number of halogens is 3. The third-order valence-electron chi connectivity index (χ3n) is 5.55. The van der Waals surface area contributed by atoms with Crippen molar-refractivity contribution >= 4 is 47.2 Å². The fraction of sp³-hybridized carbons (Fsp3) is 0.286. The summed E-state index contributed by atoms with van der Waals surface area (Å²) in [6.07, 6.45) is -3.93. The molecule has 2 fully saturated rings. The van der Waals surface area contributed by atoms with Crippen molar-refractivity contribution in [2.24, 2.45) is 5.73 Å². The molecule has 0 aliphatic carbocycles. The topological polar surface area (TPSA) is 147 Å².